The van der Waals surface area contributed by atoms with Gasteiger partial charge < -0.3 is 15.5 Å². The van der Waals surface area contributed by atoms with Gasteiger partial charge in [0.05, 0.1) is 16.8 Å². The van der Waals surface area contributed by atoms with Crippen LogP contribution in [-0.2, 0) is 9.59 Å². The number of hydrogen-bond donors (Lipinski definition) is 1. The number of primary amides is 1. The third kappa shape index (κ3) is 4.30. The van der Waals surface area contributed by atoms with E-state index >= 15 is 0 Å². The summed E-state index contributed by atoms with van der Waals surface area (Å²) in [6, 6.07) is 9.49. The van der Waals surface area contributed by atoms with Crippen LogP contribution in [0.25, 0.3) is 10.9 Å². The van der Waals surface area contributed by atoms with Crippen molar-refractivity contribution in [3.8, 4) is 0 Å². The monoisotopic (exact) mass is 408 g/mol. The van der Waals surface area contributed by atoms with Crippen LogP contribution in [0.1, 0.15) is 60.5 Å². The first-order chi connectivity index (χ1) is 14.5. The molecule has 4 rings (SSSR count). The van der Waals surface area contributed by atoms with E-state index in [1.807, 2.05) is 40.1 Å². The highest BCUT2D eigenvalue weighted by molar-refractivity contribution is 5.97. The average Bonchev–Trinajstić information content (AvgIpc) is 3.17. The van der Waals surface area contributed by atoms with Gasteiger partial charge in [-0.1, -0.05) is 18.2 Å². The molecule has 3 heterocycles. The summed E-state index contributed by atoms with van der Waals surface area (Å²) in [4.78, 5) is 45.1. The van der Waals surface area contributed by atoms with Crippen molar-refractivity contribution in [1.29, 1.82) is 0 Å². The standard InChI is InChI=1S/C23H28N4O3/c24-23(30)18-14-16-6-1-2-8-19(16)25-22(18)17-7-3-13-27(15-17)21(29)10-5-12-26-11-4-9-20(26)28/h1-2,6,8,14,17H,3-5,7,9-13,15H2,(H2,24,30)/t17-/m0/s1. The van der Waals surface area contributed by atoms with Crippen LogP contribution in [0.5, 0.6) is 0 Å². The molecule has 0 aliphatic carbocycles. The van der Waals surface area contributed by atoms with Crippen LogP contribution in [0.4, 0.5) is 0 Å². The molecule has 3 amide bonds. The van der Waals surface area contributed by atoms with E-state index < -0.39 is 5.91 Å². The maximum Gasteiger partial charge on any atom is 0.250 e. The Morgan fingerprint density at radius 1 is 1.17 bits per heavy atom. The third-order valence-corrected chi connectivity index (χ3v) is 6.17. The SMILES string of the molecule is NC(=O)c1cc2ccccc2nc1[C@H]1CCCN(C(=O)CCCN2CCCC2=O)C1. The zero-order valence-electron chi connectivity index (χ0n) is 17.2. The molecule has 2 aliphatic heterocycles. The Morgan fingerprint density at radius 2 is 2.00 bits per heavy atom. The Bertz CT molecular complexity index is 974. The van der Waals surface area contributed by atoms with Gasteiger partial charge in [0, 0.05) is 50.3 Å². The Balaban J connectivity index is 1.44. The molecule has 0 unspecified atom stereocenters. The van der Waals surface area contributed by atoms with Crippen LogP contribution < -0.4 is 5.73 Å². The fourth-order valence-electron chi connectivity index (χ4n) is 4.59. The Morgan fingerprint density at radius 3 is 2.77 bits per heavy atom. The first kappa shape index (κ1) is 20.3. The molecule has 2 aromatic rings. The van der Waals surface area contributed by atoms with Gasteiger partial charge in [-0.3, -0.25) is 19.4 Å². The molecule has 0 radical (unpaired) electrons. The fraction of sp³-hybridized carbons (Fsp3) is 0.478. The summed E-state index contributed by atoms with van der Waals surface area (Å²) in [7, 11) is 0. The summed E-state index contributed by atoms with van der Waals surface area (Å²) < 4.78 is 0. The molecule has 0 saturated carbocycles. The number of benzene rings is 1. The highest BCUT2D eigenvalue weighted by Gasteiger charge is 2.29. The normalized spacial score (nSPS) is 19.5. The van der Waals surface area contributed by atoms with Crippen molar-refractivity contribution in [3.63, 3.8) is 0 Å². The van der Waals surface area contributed by atoms with Crippen LogP contribution >= 0.6 is 0 Å². The van der Waals surface area contributed by atoms with Crippen LogP contribution in [0.2, 0.25) is 0 Å². The summed E-state index contributed by atoms with van der Waals surface area (Å²) in [5.74, 6) is -0.188. The molecule has 2 saturated heterocycles. The lowest BCUT2D eigenvalue weighted by atomic mass is 9.90. The molecule has 2 N–H and O–H groups in total. The van der Waals surface area contributed by atoms with Gasteiger partial charge in [0.1, 0.15) is 0 Å². The van der Waals surface area contributed by atoms with E-state index in [-0.39, 0.29) is 17.7 Å². The molecule has 2 fully saturated rings. The molecule has 7 nitrogen and oxygen atoms in total. The lowest BCUT2D eigenvalue weighted by molar-refractivity contribution is -0.133. The highest BCUT2D eigenvalue weighted by atomic mass is 16.2. The molecular weight excluding hydrogens is 380 g/mol. The number of carbonyl (C=O) groups is 3. The van der Waals surface area contributed by atoms with Gasteiger partial charge in [0.2, 0.25) is 11.8 Å². The number of hydrogen-bond acceptors (Lipinski definition) is 4. The predicted octanol–water partition coefficient (Wildman–Crippen LogP) is 2.44. The quantitative estimate of drug-likeness (QED) is 0.794. The number of carbonyl (C=O) groups excluding carboxylic acids is 3. The van der Waals surface area contributed by atoms with Crippen LogP contribution in [0, 0.1) is 0 Å². The van der Waals surface area contributed by atoms with E-state index in [1.165, 1.54) is 0 Å². The minimum Gasteiger partial charge on any atom is -0.366 e. The Labute approximate surface area is 176 Å². The topological polar surface area (TPSA) is 96.6 Å². The van der Waals surface area contributed by atoms with E-state index in [2.05, 4.69) is 0 Å². The largest absolute Gasteiger partial charge is 0.366 e. The minimum absolute atomic E-state index is 0.00466. The van der Waals surface area contributed by atoms with Crippen molar-refractivity contribution in [3.05, 3.63) is 41.6 Å². The summed E-state index contributed by atoms with van der Waals surface area (Å²) >= 11 is 0. The van der Waals surface area contributed by atoms with Crippen LogP contribution in [0.15, 0.2) is 30.3 Å². The maximum absolute atomic E-state index is 12.8. The number of likely N-dealkylation sites (tertiary alicyclic amines) is 2. The van der Waals surface area contributed by atoms with E-state index in [0.29, 0.717) is 43.6 Å². The number of piperidine rings is 1. The van der Waals surface area contributed by atoms with E-state index in [0.717, 1.165) is 43.3 Å². The van der Waals surface area contributed by atoms with E-state index in [4.69, 9.17) is 10.7 Å². The number of nitrogens with two attached hydrogens (primary N) is 1. The van der Waals surface area contributed by atoms with Gasteiger partial charge in [-0.05, 0) is 37.8 Å². The summed E-state index contributed by atoms with van der Waals surface area (Å²) in [5, 5.41) is 0.884. The number of para-hydroxylation sites is 1. The van der Waals surface area contributed by atoms with Crippen molar-refractivity contribution in [2.45, 2.75) is 44.4 Å². The van der Waals surface area contributed by atoms with Crippen LogP contribution in [0.3, 0.4) is 0 Å². The van der Waals surface area contributed by atoms with Crippen molar-refractivity contribution in [1.82, 2.24) is 14.8 Å². The maximum atomic E-state index is 12.8. The first-order valence-corrected chi connectivity index (χ1v) is 10.8. The summed E-state index contributed by atoms with van der Waals surface area (Å²) in [6.45, 7) is 2.73. The number of nitrogens with zero attached hydrogens (tertiary/aromatic N) is 3. The van der Waals surface area contributed by atoms with Crippen molar-refractivity contribution in [2.24, 2.45) is 5.73 Å². The lowest BCUT2D eigenvalue weighted by Crippen LogP contribution is -2.40. The number of pyridine rings is 1. The second-order valence-corrected chi connectivity index (χ2v) is 8.24. The number of fused-ring (bicyclic) bond motifs is 1. The predicted molar refractivity (Wildman–Crippen MR) is 114 cm³/mol. The van der Waals surface area contributed by atoms with Crippen molar-refractivity contribution < 1.29 is 14.4 Å². The second-order valence-electron chi connectivity index (χ2n) is 8.24. The molecule has 158 valence electrons. The van der Waals surface area contributed by atoms with Gasteiger partial charge in [0.15, 0.2) is 0 Å². The highest BCUT2D eigenvalue weighted by Crippen LogP contribution is 2.30. The van der Waals surface area contributed by atoms with Gasteiger partial charge >= 0.3 is 0 Å². The number of amides is 3. The molecule has 7 heteroatoms. The summed E-state index contributed by atoms with van der Waals surface area (Å²) in [5.41, 5.74) is 7.62. The zero-order chi connectivity index (χ0) is 21.1. The number of aromatic nitrogens is 1. The zero-order valence-corrected chi connectivity index (χ0v) is 17.2. The molecule has 30 heavy (non-hydrogen) atoms. The first-order valence-electron chi connectivity index (χ1n) is 10.8. The summed E-state index contributed by atoms with van der Waals surface area (Å²) in [6.07, 6.45) is 4.41. The molecular formula is C23H28N4O3. The van der Waals surface area contributed by atoms with Gasteiger partial charge in [0.25, 0.3) is 5.91 Å². The molecule has 2 aliphatic rings. The fourth-order valence-corrected chi connectivity index (χ4v) is 4.59. The van der Waals surface area contributed by atoms with Crippen LogP contribution in [-0.4, -0.2) is 58.7 Å². The Kier molecular flexibility index (Phi) is 5.97. The average molecular weight is 409 g/mol. The van der Waals surface area contributed by atoms with E-state index in [1.54, 1.807) is 0 Å². The van der Waals surface area contributed by atoms with E-state index in [9.17, 15) is 14.4 Å². The number of rotatable bonds is 6. The second kappa shape index (κ2) is 8.81. The molecule has 0 bridgehead atoms. The van der Waals surface area contributed by atoms with Gasteiger partial charge in [-0.2, -0.15) is 0 Å². The minimum atomic E-state index is -0.484. The smallest absolute Gasteiger partial charge is 0.250 e. The van der Waals surface area contributed by atoms with Crippen molar-refractivity contribution >= 4 is 28.6 Å². The molecule has 0 spiro atoms. The third-order valence-electron chi connectivity index (χ3n) is 6.17. The lowest BCUT2D eigenvalue weighted by Gasteiger charge is -2.33. The molecule has 1 aromatic carbocycles. The van der Waals surface area contributed by atoms with Gasteiger partial charge in [-0.25, -0.2) is 0 Å². The molecule has 1 atom stereocenters. The van der Waals surface area contributed by atoms with Crippen molar-refractivity contribution in [2.75, 3.05) is 26.2 Å². The molecule has 1 aromatic heterocycles. The Hall–Kier alpha value is -2.96. The van der Waals surface area contributed by atoms with Gasteiger partial charge in [-0.15, -0.1) is 0 Å².